The number of halogens is 2. The molecule has 0 bridgehead atoms. The Hall–Kier alpha value is -4.01. The molecule has 0 fully saturated rings. The maximum absolute atomic E-state index is 13.3. The van der Waals surface area contributed by atoms with Gasteiger partial charge in [0.15, 0.2) is 0 Å². The predicted octanol–water partition coefficient (Wildman–Crippen LogP) is 3.40. The van der Waals surface area contributed by atoms with Crippen LogP contribution in [0.2, 0.25) is 0 Å². The standard InChI is InChI=1S/C20H14F2N4O3/c21-12-3-1-11(2-4-12)17-9-16(20(28)29)25-18-15(10-23-26(17)18)19(27)24-14-7-5-13(22)6-8-14/h1-10,17,25H,(H,24,27)(H,28,29). The SMILES string of the molecule is O=C(O)C1=CC(c2ccc(F)cc2)n2ncc(C(=O)Nc3ccc(F)cc3)c2N1. The van der Waals surface area contributed by atoms with Crippen LogP contribution in [-0.4, -0.2) is 26.8 Å². The van der Waals surface area contributed by atoms with E-state index in [2.05, 4.69) is 15.7 Å². The minimum Gasteiger partial charge on any atom is -0.477 e. The summed E-state index contributed by atoms with van der Waals surface area (Å²) in [6.07, 6.45) is 2.73. The Morgan fingerprint density at radius 2 is 1.66 bits per heavy atom. The van der Waals surface area contributed by atoms with E-state index in [1.807, 2.05) is 0 Å². The lowest BCUT2D eigenvalue weighted by molar-refractivity contribution is -0.132. The van der Waals surface area contributed by atoms with E-state index in [0.717, 1.165) is 0 Å². The smallest absolute Gasteiger partial charge is 0.352 e. The van der Waals surface area contributed by atoms with Crippen molar-refractivity contribution >= 4 is 23.4 Å². The third kappa shape index (κ3) is 3.57. The zero-order chi connectivity index (χ0) is 20.5. The van der Waals surface area contributed by atoms with Crippen molar-refractivity contribution in [2.45, 2.75) is 6.04 Å². The number of benzene rings is 2. The predicted molar refractivity (Wildman–Crippen MR) is 100 cm³/mol. The van der Waals surface area contributed by atoms with Crippen molar-refractivity contribution in [3.8, 4) is 0 Å². The number of carbonyl (C=O) groups excluding carboxylic acids is 1. The molecule has 0 aliphatic carbocycles. The molecule has 0 spiro atoms. The zero-order valence-corrected chi connectivity index (χ0v) is 14.8. The maximum atomic E-state index is 13.3. The summed E-state index contributed by atoms with van der Waals surface area (Å²) >= 11 is 0. The molecule has 3 N–H and O–H groups in total. The summed E-state index contributed by atoms with van der Waals surface area (Å²) in [4.78, 5) is 24.2. The molecule has 1 amide bonds. The number of aromatic nitrogens is 2. The van der Waals surface area contributed by atoms with Crippen LogP contribution in [0.4, 0.5) is 20.3 Å². The zero-order valence-electron chi connectivity index (χ0n) is 14.8. The highest BCUT2D eigenvalue weighted by Gasteiger charge is 2.29. The lowest BCUT2D eigenvalue weighted by Gasteiger charge is -2.24. The van der Waals surface area contributed by atoms with Crippen LogP contribution in [0.25, 0.3) is 0 Å². The fraction of sp³-hybridized carbons (Fsp3) is 0.0500. The minimum absolute atomic E-state index is 0.105. The summed E-state index contributed by atoms with van der Waals surface area (Å²) in [6.45, 7) is 0. The van der Waals surface area contributed by atoms with Gasteiger partial charge < -0.3 is 15.7 Å². The van der Waals surface area contributed by atoms with Crippen molar-refractivity contribution in [3.05, 3.63) is 89.3 Å². The van der Waals surface area contributed by atoms with Gasteiger partial charge in [0.05, 0.1) is 12.2 Å². The monoisotopic (exact) mass is 396 g/mol. The molecule has 3 aromatic rings. The number of nitrogens with one attached hydrogen (secondary N) is 2. The van der Waals surface area contributed by atoms with E-state index in [0.29, 0.717) is 11.3 Å². The summed E-state index contributed by atoms with van der Waals surface area (Å²) < 4.78 is 27.8. The van der Waals surface area contributed by atoms with E-state index in [-0.39, 0.29) is 17.1 Å². The van der Waals surface area contributed by atoms with Gasteiger partial charge in [-0.1, -0.05) is 12.1 Å². The van der Waals surface area contributed by atoms with Crippen LogP contribution in [-0.2, 0) is 4.79 Å². The third-order valence-corrected chi connectivity index (χ3v) is 4.43. The van der Waals surface area contributed by atoms with E-state index < -0.39 is 29.6 Å². The number of rotatable bonds is 4. The molecular weight excluding hydrogens is 382 g/mol. The molecule has 0 saturated carbocycles. The Kier molecular flexibility index (Phi) is 4.55. The second kappa shape index (κ2) is 7.19. The van der Waals surface area contributed by atoms with Gasteiger partial charge in [-0.3, -0.25) is 4.79 Å². The maximum Gasteiger partial charge on any atom is 0.352 e. The van der Waals surface area contributed by atoms with Crippen LogP contribution in [0.1, 0.15) is 22.0 Å². The first-order valence-electron chi connectivity index (χ1n) is 8.54. The third-order valence-electron chi connectivity index (χ3n) is 4.43. The molecule has 4 rings (SSSR count). The topological polar surface area (TPSA) is 96.2 Å². The van der Waals surface area contributed by atoms with Crippen molar-refractivity contribution in [2.75, 3.05) is 10.6 Å². The quantitative estimate of drug-likeness (QED) is 0.628. The largest absolute Gasteiger partial charge is 0.477 e. The number of fused-ring (bicyclic) bond motifs is 1. The number of hydrogen-bond acceptors (Lipinski definition) is 4. The molecule has 7 nitrogen and oxygen atoms in total. The van der Waals surface area contributed by atoms with Gasteiger partial charge in [0.2, 0.25) is 0 Å². The fourth-order valence-corrected chi connectivity index (χ4v) is 3.02. The molecule has 2 heterocycles. The normalized spacial score (nSPS) is 15.1. The van der Waals surface area contributed by atoms with E-state index in [1.54, 1.807) is 0 Å². The van der Waals surface area contributed by atoms with Gasteiger partial charge in [-0.05, 0) is 48.0 Å². The molecule has 1 aliphatic heterocycles. The molecule has 2 aromatic carbocycles. The number of amides is 1. The molecule has 0 saturated heterocycles. The molecule has 146 valence electrons. The van der Waals surface area contributed by atoms with Crippen LogP contribution in [0.15, 0.2) is 66.5 Å². The van der Waals surface area contributed by atoms with Crippen LogP contribution in [0, 0.1) is 11.6 Å². The van der Waals surface area contributed by atoms with Crippen molar-refractivity contribution in [3.63, 3.8) is 0 Å². The molecule has 0 radical (unpaired) electrons. The molecule has 1 aromatic heterocycles. The highest BCUT2D eigenvalue weighted by Crippen LogP contribution is 2.32. The van der Waals surface area contributed by atoms with Crippen LogP contribution in [0.5, 0.6) is 0 Å². The van der Waals surface area contributed by atoms with Crippen LogP contribution in [0.3, 0.4) is 0 Å². The Bertz CT molecular complexity index is 1120. The molecule has 1 unspecified atom stereocenters. The lowest BCUT2D eigenvalue weighted by atomic mass is 10.0. The van der Waals surface area contributed by atoms with Crippen molar-refractivity contribution in [1.82, 2.24) is 9.78 Å². The van der Waals surface area contributed by atoms with Gasteiger partial charge in [-0.15, -0.1) is 0 Å². The summed E-state index contributed by atoms with van der Waals surface area (Å²) in [6, 6.07) is 10.1. The molecule has 29 heavy (non-hydrogen) atoms. The molecular formula is C20H14F2N4O3. The number of hydrogen-bond donors (Lipinski definition) is 3. The summed E-state index contributed by atoms with van der Waals surface area (Å²) in [7, 11) is 0. The highest BCUT2D eigenvalue weighted by atomic mass is 19.1. The number of carboxylic acids is 1. The van der Waals surface area contributed by atoms with Gasteiger partial charge in [0.1, 0.15) is 28.7 Å². The Balaban J connectivity index is 1.70. The van der Waals surface area contributed by atoms with Crippen molar-refractivity contribution in [1.29, 1.82) is 0 Å². The molecule has 1 aliphatic rings. The van der Waals surface area contributed by atoms with Crippen molar-refractivity contribution < 1.29 is 23.5 Å². The van der Waals surface area contributed by atoms with Crippen LogP contribution >= 0.6 is 0 Å². The highest BCUT2D eigenvalue weighted by molar-refractivity contribution is 6.08. The average molecular weight is 396 g/mol. The van der Waals surface area contributed by atoms with E-state index in [1.165, 1.54) is 65.5 Å². The second-order valence-electron chi connectivity index (χ2n) is 6.32. The summed E-state index contributed by atoms with van der Waals surface area (Å²) in [5.41, 5.74) is 0.939. The minimum atomic E-state index is -1.21. The van der Waals surface area contributed by atoms with Crippen LogP contribution < -0.4 is 10.6 Å². The number of carbonyl (C=O) groups is 2. The first-order chi connectivity index (χ1) is 13.9. The Labute approximate surface area is 163 Å². The lowest BCUT2D eigenvalue weighted by Crippen LogP contribution is -2.25. The number of allylic oxidation sites excluding steroid dienone is 1. The van der Waals surface area contributed by atoms with Crippen molar-refractivity contribution in [2.24, 2.45) is 0 Å². The fourth-order valence-electron chi connectivity index (χ4n) is 3.02. The van der Waals surface area contributed by atoms with E-state index >= 15 is 0 Å². The van der Waals surface area contributed by atoms with Gasteiger partial charge in [-0.25, -0.2) is 18.3 Å². The summed E-state index contributed by atoms with van der Waals surface area (Å²) in [5, 5.41) is 19.0. The Morgan fingerprint density at radius 3 is 2.28 bits per heavy atom. The van der Waals surface area contributed by atoms with Gasteiger partial charge in [-0.2, -0.15) is 5.10 Å². The van der Waals surface area contributed by atoms with Gasteiger partial charge in [0.25, 0.3) is 5.91 Å². The van der Waals surface area contributed by atoms with E-state index in [9.17, 15) is 23.5 Å². The van der Waals surface area contributed by atoms with Gasteiger partial charge >= 0.3 is 5.97 Å². The number of carboxylic acid groups (broad SMARTS) is 1. The number of nitrogens with zero attached hydrogens (tertiary/aromatic N) is 2. The number of aliphatic carboxylic acids is 1. The molecule has 1 atom stereocenters. The second-order valence-corrected chi connectivity index (χ2v) is 6.32. The Morgan fingerprint density at radius 1 is 1.03 bits per heavy atom. The summed E-state index contributed by atoms with van der Waals surface area (Å²) in [5.74, 6) is -2.45. The first kappa shape index (κ1) is 18.4. The first-order valence-corrected chi connectivity index (χ1v) is 8.54. The number of anilines is 2. The van der Waals surface area contributed by atoms with Gasteiger partial charge in [0, 0.05) is 5.69 Å². The average Bonchev–Trinajstić information content (AvgIpc) is 3.14. The van der Waals surface area contributed by atoms with E-state index in [4.69, 9.17) is 0 Å². The molecule has 9 heteroatoms.